The fraction of sp³-hybridized carbons (Fsp3) is 0.429. The Morgan fingerprint density at radius 2 is 2.00 bits per heavy atom. The smallest absolute Gasteiger partial charge is 0.305 e. The number of carbonyl (C=O) groups excluding carboxylic acids is 2. The lowest BCUT2D eigenvalue weighted by Gasteiger charge is -2.04. The van der Waals surface area contributed by atoms with Crippen LogP contribution in [0.5, 0.6) is 0 Å². The summed E-state index contributed by atoms with van der Waals surface area (Å²) in [5, 5.41) is 0. The lowest BCUT2D eigenvalue weighted by atomic mass is 10.0. The minimum Gasteiger partial charge on any atom is -0.469 e. The van der Waals surface area contributed by atoms with Crippen molar-refractivity contribution in [2.45, 2.75) is 31.7 Å². The monoisotopic (exact) mass is 247 g/mol. The van der Waals surface area contributed by atoms with Gasteiger partial charge in [0.05, 0.1) is 13.5 Å². The summed E-state index contributed by atoms with van der Waals surface area (Å²) in [6.45, 7) is 0. The maximum atomic E-state index is 11.9. The van der Waals surface area contributed by atoms with Crippen molar-refractivity contribution in [3.63, 3.8) is 0 Å². The first-order valence-corrected chi connectivity index (χ1v) is 6.07. The third-order valence-electron chi connectivity index (χ3n) is 3.28. The van der Waals surface area contributed by atoms with E-state index in [0.717, 1.165) is 18.4 Å². The van der Waals surface area contributed by atoms with Gasteiger partial charge in [-0.05, 0) is 30.0 Å². The van der Waals surface area contributed by atoms with Crippen LogP contribution in [0.1, 0.15) is 34.3 Å². The molecule has 1 aromatic rings. The van der Waals surface area contributed by atoms with E-state index in [9.17, 15) is 9.59 Å². The summed E-state index contributed by atoms with van der Waals surface area (Å²) in [6, 6.07) is 5.85. The zero-order valence-corrected chi connectivity index (χ0v) is 10.4. The molecule has 0 radical (unpaired) electrons. The molecule has 1 aromatic carbocycles. The van der Waals surface area contributed by atoms with E-state index in [1.54, 1.807) is 0 Å². The number of nitrogens with two attached hydrogens (primary N) is 1. The van der Waals surface area contributed by atoms with Crippen LogP contribution in [-0.4, -0.2) is 24.9 Å². The van der Waals surface area contributed by atoms with E-state index in [-0.39, 0.29) is 30.6 Å². The highest BCUT2D eigenvalue weighted by molar-refractivity contribution is 5.97. The van der Waals surface area contributed by atoms with Gasteiger partial charge in [0.2, 0.25) is 0 Å². The van der Waals surface area contributed by atoms with Gasteiger partial charge in [0.15, 0.2) is 5.78 Å². The molecule has 0 saturated heterocycles. The Bertz CT molecular complexity index is 482. The molecule has 2 rings (SSSR count). The molecular weight excluding hydrogens is 230 g/mol. The first-order chi connectivity index (χ1) is 8.60. The van der Waals surface area contributed by atoms with Crippen molar-refractivity contribution in [1.82, 2.24) is 0 Å². The summed E-state index contributed by atoms with van der Waals surface area (Å²) < 4.78 is 4.52. The van der Waals surface area contributed by atoms with Gasteiger partial charge in [0.1, 0.15) is 0 Å². The maximum Gasteiger partial charge on any atom is 0.305 e. The van der Waals surface area contributed by atoms with E-state index in [1.165, 1.54) is 12.7 Å². The van der Waals surface area contributed by atoms with E-state index in [1.807, 2.05) is 18.2 Å². The topological polar surface area (TPSA) is 69.4 Å². The van der Waals surface area contributed by atoms with Crippen molar-refractivity contribution in [2.75, 3.05) is 7.11 Å². The van der Waals surface area contributed by atoms with E-state index in [2.05, 4.69) is 4.74 Å². The molecule has 1 aliphatic carbocycles. The fourth-order valence-corrected chi connectivity index (χ4v) is 2.29. The Labute approximate surface area is 106 Å². The van der Waals surface area contributed by atoms with Crippen LogP contribution in [0.2, 0.25) is 0 Å². The van der Waals surface area contributed by atoms with Crippen LogP contribution >= 0.6 is 0 Å². The van der Waals surface area contributed by atoms with Gasteiger partial charge in [-0.1, -0.05) is 12.1 Å². The molecule has 0 aliphatic heterocycles. The standard InChI is InChI=1S/C14H17NO3/c1-18-14(17)5-4-13(16)10-3-2-9-7-12(15)8-11(9)6-10/h2-3,6,12H,4-5,7-8,15H2,1H3. The SMILES string of the molecule is COC(=O)CCC(=O)c1ccc2c(c1)CC(N)C2. The molecule has 0 aromatic heterocycles. The third-order valence-corrected chi connectivity index (χ3v) is 3.28. The predicted molar refractivity (Wildman–Crippen MR) is 67.4 cm³/mol. The van der Waals surface area contributed by atoms with Gasteiger partial charge in [-0.15, -0.1) is 0 Å². The molecule has 96 valence electrons. The highest BCUT2D eigenvalue weighted by Crippen LogP contribution is 2.23. The zero-order valence-electron chi connectivity index (χ0n) is 10.4. The molecule has 4 nitrogen and oxygen atoms in total. The molecule has 0 heterocycles. The fourth-order valence-electron chi connectivity index (χ4n) is 2.29. The molecule has 0 fully saturated rings. The second kappa shape index (κ2) is 5.31. The largest absolute Gasteiger partial charge is 0.469 e. The van der Waals surface area contributed by atoms with Gasteiger partial charge >= 0.3 is 5.97 Å². The number of esters is 1. The summed E-state index contributed by atoms with van der Waals surface area (Å²) in [7, 11) is 1.32. The average molecular weight is 247 g/mol. The van der Waals surface area contributed by atoms with Crippen LogP contribution in [0, 0.1) is 0 Å². The zero-order chi connectivity index (χ0) is 13.1. The van der Waals surface area contributed by atoms with E-state index in [4.69, 9.17) is 5.73 Å². The van der Waals surface area contributed by atoms with Crippen molar-refractivity contribution in [1.29, 1.82) is 0 Å². The van der Waals surface area contributed by atoms with E-state index in [0.29, 0.717) is 5.56 Å². The van der Waals surface area contributed by atoms with Gasteiger partial charge in [-0.2, -0.15) is 0 Å². The molecule has 0 spiro atoms. The molecule has 0 amide bonds. The average Bonchev–Trinajstić information content (AvgIpc) is 2.74. The minimum atomic E-state index is -0.355. The Hall–Kier alpha value is -1.68. The van der Waals surface area contributed by atoms with Crippen molar-refractivity contribution in [2.24, 2.45) is 5.73 Å². The number of hydrogen-bond donors (Lipinski definition) is 1. The van der Waals surface area contributed by atoms with Crippen molar-refractivity contribution in [3.8, 4) is 0 Å². The van der Waals surface area contributed by atoms with Crippen LogP contribution < -0.4 is 5.73 Å². The van der Waals surface area contributed by atoms with Crippen LogP contribution in [0.4, 0.5) is 0 Å². The van der Waals surface area contributed by atoms with Crippen LogP contribution in [0.25, 0.3) is 0 Å². The summed E-state index contributed by atoms with van der Waals surface area (Å²) in [6.07, 6.45) is 2.03. The number of methoxy groups -OCH3 is 1. The predicted octanol–water partition coefficient (Wildman–Crippen LogP) is 1.25. The molecule has 18 heavy (non-hydrogen) atoms. The Kier molecular flexibility index (Phi) is 3.77. The number of hydrogen-bond acceptors (Lipinski definition) is 4. The van der Waals surface area contributed by atoms with E-state index < -0.39 is 0 Å². The van der Waals surface area contributed by atoms with Gasteiger partial charge in [0.25, 0.3) is 0 Å². The Morgan fingerprint density at radius 1 is 1.28 bits per heavy atom. The van der Waals surface area contributed by atoms with Gasteiger partial charge in [0, 0.05) is 18.0 Å². The Morgan fingerprint density at radius 3 is 2.72 bits per heavy atom. The van der Waals surface area contributed by atoms with Gasteiger partial charge in [-0.25, -0.2) is 0 Å². The molecule has 4 heteroatoms. The summed E-state index contributed by atoms with van der Waals surface area (Å²) in [5.41, 5.74) is 8.93. The van der Waals surface area contributed by atoms with Crippen molar-refractivity contribution >= 4 is 11.8 Å². The second-order valence-corrected chi connectivity index (χ2v) is 4.65. The van der Waals surface area contributed by atoms with Crippen LogP contribution in [-0.2, 0) is 22.4 Å². The molecule has 1 atom stereocenters. The van der Waals surface area contributed by atoms with Gasteiger partial charge in [-0.3, -0.25) is 9.59 Å². The molecule has 0 bridgehead atoms. The van der Waals surface area contributed by atoms with Crippen LogP contribution in [0.3, 0.4) is 0 Å². The Balaban J connectivity index is 2.04. The van der Waals surface area contributed by atoms with E-state index >= 15 is 0 Å². The summed E-state index contributed by atoms with van der Waals surface area (Å²) in [4.78, 5) is 22.9. The number of carbonyl (C=O) groups is 2. The van der Waals surface area contributed by atoms with Crippen molar-refractivity contribution < 1.29 is 14.3 Å². The third kappa shape index (κ3) is 2.76. The first-order valence-electron chi connectivity index (χ1n) is 6.07. The second-order valence-electron chi connectivity index (χ2n) is 4.65. The molecule has 1 unspecified atom stereocenters. The number of rotatable bonds is 4. The molecule has 0 saturated carbocycles. The number of ketones is 1. The summed E-state index contributed by atoms with van der Waals surface area (Å²) >= 11 is 0. The number of ether oxygens (including phenoxy) is 1. The number of benzene rings is 1. The highest BCUT2D eigenvalue weighted by atomic mass is 16.5. The van der Waals surface area contributed by atoms with Crippen molar-refractivity contribution in [3.05, 3.63) is 34.9 Å². The molecule has 2 N–H and O–H groups in total. The lowest BCUT2D eigenvalue weighted by Crippen LogP contribution is -2.19. The minimum absolute atomic E-state index is 0.0244. The maximum absolute atomic E-state index is 11.9. The van der Waals surface area contributed by atoms with Crippen LogP contribution in [0.15, 0.2) is 18.2 Å². The van der Waals surface area contributed by atoms with Gasteiger partial charge < -0.3 is 10.5 Å². The normalized spacial score (nSPS) is 17.3. The first kappa shape index (κ1) is 12.8. The molecular formula is C14H17NO3. The number of fused-ring (bicyclic) bond motifs is 1. The lowest BCUT2D eigenvalue weighted by molar-refractivity contribution is -0.140. The highest BCUT2D eigenvalue weighted by Gasteiger charge is 2.19. The quantitative estimate of drug-likeness (QED) is 0.642. The number of Topliss-reactive ketones (excluding diaryl/α,β-unsaturated/α-hetero) is 1. The molecule has 1 aliphatic rings. The summed E-state index contributed by atoms with van der Waals surface area (Å²) in [5.74, 6) is -0.379.